The molecule has 3 heterocycles. The highest BCUT2D eigenvalue weighted by Crippen LogP contribution is 2.35. The van der Waals surface area contributed by atoms with Crippen LogP contribution in [0.4, 0.5) is 11.6 Å². The van der Waals surface area contributed by atoms with Crippen molar-refractivity contribution in [2.45, 2.75) is 29.6 Å². The molecule has 4 rings (SSSR count). The van der Waals surface area contributed by atoms with Crippen molar-refractivity contribution in [3.8, 4) is 0 Å². The maximum atomic E-state index is 13.1. The molecule has 0 saturated carbocycles. The zero-order chi connectivity index (χ0) is 18.3. The van der Waals surface area contributed by atoms with Crippen LogP contribution in [0.1, 0.15) is 19.8 Å². The fourth-order valence-electron chi connectivity index (χ4n) is 3.43. The number of nitrogens with zero attached hydrogens (tertiary/aromatic N) is 3. The monoisotopic (exact) mass is 371 g/mol. The molecule has 26 heavy (non-hydrogen) atoms. The minimum atomic E-state index is -3.77. The third-order valence-corrected chi connectivity index (χ3v) is 6.80. The molecule has 1 aliphatic rings. The second kappa shape index (κ2) is 6.28. The Morgan fingerprint density at radius 1 is 1.15 bits per heavy atom. The maximum absolute atomic E-state index is 13.1. The van der Waals surface area contributed by atoms with Gasteiger partial charge in [-0.3, -0.25) is 0 Å². The fourth-order valence-corrected chi connectivity index (χ4v) is 4.93. The van der Waals surface area contributed by atoms with E-state index in [1.165, 1.54) is 6.33 Å². The van der Waals surface area contributed by atoms with Crippen LogP contribution >= 0.6 is 0 Å². The molecule has 3 aromatic rings. The summed E-state index contributed by atoms with van der Waals surface area (Å²) in [5, 5.41) is 0. The molecule has 0 unspecified atom stereocenters. The van der Waals surface area contributed by atoms with Crippen LogP contribution in [0.2, 0.25) is 0 Å². The molecule has 0 bridgehead atoms. The first-order valence-electron chi connectivity index (χ1n) is 8.65. The van der Waals surface area contributed by atoms with Crippen molar-refractivity contribution in [1.82, 2.24) is 15.0 Å². The van der Waals surface area contributed by atoms with Gasteiger partial charge in [0.25, 0.3) is 0 Å². The highest BCUT2D eigenvalue weighted by atomic mass is 32.2. The van der Waals surface area contributed by atoms with Crippen LogP contribution < -0.4 is 10.6 Å². The minimum absolute atomic E-state index is 0.0210. The zero-order valence-corrected chi connectivity index (χ0v) is 15.3. The van der Waals surface area contributed by atoms with E-state index in [1.807, 2.05) is 0 Å². The smallest absolute Gasteiger partial charge is 0.212 e. The Balaban J connectivity index is 1.86. The summed E-state index contributed by atoms with van der Waals surface area (Å²) in [6, 6.07) is 8.26. The normalized spacial score (nSPS) is 16.3. The topological polar surface area (TPSA) is 105 Å². The summed E-state index contributed by atoms with van der Waals surface area (Å²) in [7, 11) is -3.77. The van der Waals surface area contributed by atoms with Crippen LogP contribution in [0.15, 0.2) is 46.5 Å². The summed E-state index contributed by atoms with van der Waals surface area (Å²) in [5.74, 6) is 1.49. The van der Waals surface area contributed by atoms with Crippen molar-refractivity contribution in [3.63, 3.8) is 0 Å². The van der Waals surface area contributed by atoms with Gasteiger partial charge >= 0.3 is 0 Å². The van der Waals surface area contributed by atoms with Crippen molar-refractivity contribution < 1.29 is 8.42 Å². The number of piperidine rings is 1. The average molecular weight is 371 g/mol. The number of sulfone groups is 1. The number of aromatic nitrogens is 3. The molecule has 1 aliphatic heterocycles. The molecule has 136 valence electrons. The molecule has 8 heteroatoms. The van der Waals surface area contributed by atoms with Crippen molar-refractivity contribution in [3.05, 3.63) is 36.7 Å². The number of nitrogens with two attached hydrogens (primary N) is 1. The summed E-state index contributed by atoms with van der Waals surface area (Å²) in [5.41, 5.74) is 7.00. The van der Waals surface area contributed by atoms with Gasteiger partial charge in [-0.15, -0.1) is 0 Å². The van der Waals surface area contributed by atoms with E-state index >= 15 is 0 Å². The van der Waals surface area contributed by atoms with E-state index in [4.69, 9.17) is 5.73 Å². The Kier molecular flexibility index (Phi) is 4.07. The van der Waals surface area contributed by atoms with Gasteiger partial charge in [0, 0.05) is 13.1 Å². The lowest BCUT2D eigenvalue weighted by Gasteiger charge is -2.31. The molecule has 0 spiro atoms. The van der Waals surface area contributed by atoms with Gasteiger partial charge in [0.05, 0.1) is 4.90 Å². The van der Waals surface area contributed by atoms with Gasteiger partial charge < -0.3 is 15.6 Å². The van der Waals surface area contributed by atoms with Crippen molar-refractivity contribution in [2.75, 3.05) is 23.7 Å². The largest absolute Gasteiger partial charge is 0.384 e. The van der Waals surface area contributed by atoms with Crippen molar-refractivity contribution in [2.24, 2.45) is 5.92 Å². The van der Waals surface area contributed by atoms with Gasteiger partial charge in [-0.2, -0.15) is 0 Å². The van der Waals surface area contributed by atoms with E-state index in [2.05, 4.69) is 26.8 Å². The molecule has 1 saturated heterocycles. The first-order valence-corrected chi connectivity index (χ1v) is 10.1. The predicted molar refractivity (Wildman–Crippen MR) is 101 cm³/mol. The molecule has 3 N–H and O–H groups in total. The van der Waals surface area contributed by atoms with Crippen LogP contribution in [0.3, 0.4) is 0 Å². The minimum Gasteiger partial charge on any atom is -0.384 e. The summed E-state index contributed by atoms with van der Waals surface area (Å²) >= 11 is 0. The summed E-state index contributed by atoms with van der Waals surface area (Å²) < 4.78 is 26.2. The number of H-pyrrole nitrogens is 1. The molecular formula is C18H21N5O2S. The van der Waals surface area contributed by atoms with Gasteiger partial charge in [-0.25, -0.2) is 18.4 Å². The molecular weight excluding hydrogens is 350 g/mol. The van der Waals surface area contributed by atoms with E-state index in [1.54, 1.807) is 30.3 Å². The van der Waals surface area contributed by atoms with E-state index < -0.39 is 9.84 Å². The lowest BCUT2D eigenvalue weighted by atomic mass is 9.99. The second-order valence-electron chi connectivity index (χ2n) is 6.77. The summed E-state index contributed by atoms with van der Waals surface area (Å²) in [4.78, 5) is 14.0. The van der Waals surface area contributed by atoms with Crippen LogP contribution in [-0.4, -0.2) is 36.5 Å². The fraction of sp³-hybridized carbons (Fsp3) is 0.333. The summed E-state index contributed by atoms with van der Waals surface area (Å²) in [6.07, 6.45) is 3.57. The second-order valence-corrected chi connectivity index (χ2v) is 8.66. The Morgan fingerprint density at radius 3 is 2.54 bits per heavy atom. The Bertz CT molecular complexity index is 1040. The lowest BCUT2D eigenvalue weighted by molar-refractivity contribution is 0.437. The van der Waals surface area contributed by atoms with Crippen LogP contribution in [-0.2, 0) is 9.84 Å². The number of fused-ring (bicyclic) bond motifs is 1. The number of aromatic amines is 1. The van der Waals surface area contributed by atoms with Gasteiger partial charge in [0.2, 0.25) is 9.84 Å². The third kappa shape index (κ3) is 2.70. The average Bonchev–Trinajstić information content (AvgIpc) is 2.99. The van der Waals surface area contributed by atoms with Gasteiger partial charge in [0.1, 0.15) is 28.1 Å². The number of benzene rings is 1. The number of nitrogen functional groups attached to an aromatic ring is 1. The molecule has 0 aliphatic carbocycles. The number of nitrogens with one attached hydrogen (secondary N) is 1. The van der Waals surface area contributed by atoms with E-state index in [-0.39, 0.29) is 15.6 Å². The molecule has 0 atom stereocenters. The van der Waals surface area contributed by atoms with Crippen LogP contribution in [0.25, 0.3) is 11.0 Å². The molecule has 1 aromatic carbocycles. The van der Waals surface area contributed by atoms with Crippen LogP contribution in [0.5, 0.6) is 0 Å². The third-order valence-electron chi connectivity index (χ3n) is 4.95. The number of anilines is 2. The number of hydrogen-bond acceptors (Lipinski definition) is 6. The molecule has 7 nitrogen and oxygen atoms in total. The molecule has 1 fully saturated rings. The lowest BCUT2D eigenvalue weighted by Crippen LogP contribution is -2.33. The molecule has 2 aromatic heterocycles. The Hall–Kier alpha value is -2.61. The van der Waals surface area contributed by atoms with Crippen LogP contribution in [0, 0.1) is 5.92 Å². The highest BCUT2D eigenvalue weighted by molar-refractivity contribution is 7.92. The van der Waals surface area contributed by atoms with Gasteiger partial charge in [-0.05, 0) is 30.9 Å². The zero-order valence-electron chi connectivity index (χ0n) is 14.5. The quantitative estimate of drug-likeness (QED) is 0.733. The van der Waals surface area contributed by atoms with E-state index in [0.717, 1.165) is 25.9 Å². The van der Waals surface area contributed by atoms with Gasteiger partial charge in [0.15, 0.2) is 5.82 Å². The predicted octanol–water partition coefficient (Wildman–Crippen LogP) is 2.61. The van der Waals surface area contributed by atoms with E-state index in [9.17, 15) is 8.42 Å². The maximum Gasteiger partial charge on any atom is 0.212 e. The molecule has 0 radical (unpaired) electrons. The standard InChI is InChI=1S/C18H21N5O2S/c1-12-7-9-23(10-8-12)18-15-14(20-11-21-18)16(17(19)22-15)26(24,25)13-5-3-2-4-6-13/h2-6,11-12,22H,7-10,19H2,1H3. The van der Waals surface area contributed by atoms with Crippen molar-refractivity contribution in [1.29, 1.82) is 0 Å². The first kappa shape index (κ1) is 16.8. The number of hydrogen-bond donors (Lipinski definition) is 2. The van der Waals surface area contributed by atoms with Gasteiger partial charge in [-0.1, -0.05) is 25.1 Å². The SMILES string of the molecule is CC1CCN(c2ncnc3c(S(=O)(=O)c4ccccc4)c(N)[nH]c23)CC1. The first-order chi connectivity index (χ1) is 12.5. The Labute approximate surface area is 152 Å². The Morgan fingerprint density at radius 2 is 1.85 bits per heavy atom. The molecule has 0 amide bonds. The number of rotatable bonds is 3. The highest BCUT2D eigenvalue weighted by Gasteiger charge is 2.29. The van der Waals surface area contributed by atoms with E-state index in [0.29, 0.717) is 22.8 Å². The summed E-state index contributed by atoms with van der Waals surface area (Å²) in [6.45, 7) is 4.00. The van der Waals surface area contributed by atoms with Crippen molar-refractivity contribution >= 4 is 32.5 Å².